The van der Waals surface area contributed by atoms with Crippen molar-refractivity contribution < 1.29 is 4.42 Å². The van der Waals surface area contributed by atoms with E-state index < -0.39 is 0 Å². The average Bonchev–Trinajstić information content (AvgIpc) is 3.85. The molecule has 228 valence electrons. The average molecular weight is 661 g/mol. The van der Waals surface area contributed by atoms with Gasteiger partial charge >= 0.3 is 0 Å². The van der Waals surface area contributed by atoms with Gasteiger partial charge in [-0.1, -0.05) is 97.1 Å². The quantitative estimate of drug-likeness (QED) is 0.189. The highest BCUT2D eigenvalue weighted by Crippen LogP contribution is 2.46. The first-order chi connectivity index (χ1) is 24.3. The number of furan rings is 1. The van der Waals surface area contributed by atoms with E-state index >= 15 is 0 Å². The first kappa shape index (κ1) is 27.1. The molecule has 11 aromatic rings. The number of aromatic nitrogens is 2. The summed E-state index contributed by atoms with van der Waals surface area (Å²) in [6, 6.07) is 51.7. The van der Waals surface area contributed by atoms with Crippen molar-refractivity contribution in [1.29, 1.82) is 0 Å². The zero-order chi connectivity index (χ0) is 32.1. The van der Waals surface area contributed by atoms with Crippen LogP contribution < -0.4 is 0 Å². The van der Waals surface area contributed by atoms with Gasteiger partial charge in [0.15, 0.2) is 5.82 Å². The van der Waals surface area contributed by atoms with Crippen molar-refractivity contribution in [2.24, 2.45) is 0 Å². The van der Waals surface area contributed by atoms with E-state index in [9.17, 15) is 0 Å². The fourth-order valence-electron chi connectivity index (χ4n) is 7.38. The molecule has 3 nitrogen and oxygen atoms in total. The Kier molecular flexibility index (Phi) is 5.70. The Bertz CT molecular complexity index is 3130. The molecule has 0 unspecified atom stereocenters. The predicted molar refractivity (Wildman–Crippen MR) is 209 cm³/mol. The summed E-state index contributed by atoms with van der Waals surface area (Å²) >= 11 is 3.58. The second kappa shape index (κ2) is 10.3. The Morgan fingerprint density at radius 3 is 2.06 bits per heavy atom. The van der Waals surface area contributed by atoms with Crippen molar-refractivity contribution in [3.05, 3.63) is 146 Å². The van der Waals surface area contributed by atoms with Gasteiger partial charge in [-0.05, 0) is 64.9 Å². The molecule has 0 spiro atoms. The van der Waals surface area contributed by atoms with Crippen LogP contribution in [0, 0.1) is 0 Å². The molecule has 0 fully saturated rings. The lowest BCUT2D eigenvalue weighted by molar-refractivity contribution is 0.670. The van der Waals surface area contributed by atoms with Crippen molar-refractivity contribution in [1.82, 2.24) is 9.97 Å². The maximum absolute atomic E-state index is 6.74. The summed E-state index contributed by atoms with van der Waals surface area (Å²) in [7, 11) is 0. The van der Waals surface area contributed by atoms with E-state index in [1.54, 1.807) is 11.3 Å². The van der Waals surface area contributed by atoms with Crippen LogP contribution in [0.25, 0.3) is 107 Å². The van der Waals surface area contributed by atoms with E-state index in [0.29, 0.717) is 0 Å². The number of nitrogens with zero attached hydrogens (tertiary/aromatic N) is 2. The van der Waals surface area contributed by atoms with E-state index in [1.165, 1.54) is 35.6 Å². The van der Waals surface area contributed by atoms with E-state index in [2.05, 4.69) is 140 Å². The lowest BCUT2D eigenvalue weighted by Crippen LogP contribution is -1.94. The molecule has 49 heavy (non-hydrogen) atoms. The number of thiophene rings is 2. The zero-order valence-electron chi connectivity index (χ0n) is 26.0. The number of para-hydroxylation sites is 1. The Labute approximate surface area is 288 Å². The van der Waals surface area contributed by atoms with Crippen molar-refractivity contribution in [2.75, 3.05) is 0 Å². The van der Waals surface area contributed by atoms with E-state index in [0.717, 1.165) is 71.3 Å². The van der Waals surface area contributed by atoms with Crippen molar-refractivity contribution in [2.45, 2.75) is 0 Å². The van der Waals surface area contributed by atoms with Crippen LogP contribution in [0.3, 0.4) is 0 Å². The van der Waals surface area contributed by atoms with Crippen LogP contribution in [-0.2, 0) is 0 Å². The summed E-state index contributed by atoms with van der Waals surface area (Å²) in [5, 5.41) is 8.23. The summed E-state index contributed by atoms with van der Waals surface area (Å²) in [6.45, 7) is 0. The van der Waals surface area contributed by atoms with Gasteiger partial charge in [0.05, 0.1) is 15.9 Å². The molecule has 11 rings (SSSR count). The molecule has 7 aromatic carbocycles. The molecule has 0 bridgehead atoms. The van der Waals surface area contributed by atoms with Crippen LogP contribution in [0.15, 0.2) is 150 Å². The third-order valence-corrected chi connectivity index (χ3v) is 12.0. The lowest BCUT2D eigenvalue weighted by atomic mass is 9.95. The molecule has 0 radical (unpaired) electrons. The number of fused-ring (bicyclic) bond motifs is 10. The fourth-order valence-corrected chi connectivity index (χ4v) is 9.61. The highest BCUT2D eigenvalue weighted by atomic mass is 32.1. The normalized spacial score (nSPS) is 12.1. The Morgan fingerprint density at radius 1 is 0.469 bits per heavy atom. The minimum Gasteiger partial charge on any atom is -0.455 e. The molecular formula is C44H24N2OS2. The first-order valence-corrected chi connectivity index (χ1v) is 17.9. The van der Waals surface area contributed by atoms with E-state index in [4.69, 9.17) is 14.4 Å². The van der Waals surface area contributed by atoms with Crippen LogP contribution in [0.5, 0.6) is 0 Å². The molecular weight excluding hydrogens is 637 g/mol. The van der Waals surface area contributed by atoms with E-state index in [1.807, 2.05) is 17.4 Å². The third kappa shape index (κ3) is 4.07. The second-order valence-electron chi connectivity index (χ2n) is 12.5. The molecule has 0 aliphatic heterocycles. The minimum absolute atomic E-state index is 0.725. The van der Waals surface area contributed by atoms with E-state index in [-0.39, 0.29) is 0 Å². The molecule has 5 heteroatoms. The molecule has 0 saturated carbocycles. The SMILES string of the molecule is c1ccc2cc(-c3ccc(-c4nc(-c5ccc6sc7ccccc7c6c5)nc5c4sc4ccccc45)c4c3oc3ccccc34)ccc2c1. The number of hydrogen-bond acceptors (Lipinski definition) is 5. The Morgan fingerprint density at radius 2 is 1.16 bits per heavy atom. The van der Waals surface area contributed by atoms with Gasteiger partial charge in [0.2, 0.25) is 0 Å². The molecule has 4 heterocycles. The summed E-state index contributed by atoms with van der Waals surface area (Å²) in [5.41, 5.74) is 7.90. The highest BCUT2D eigenvalue weighted by Gasteiger charge is 2.23. The van der Waals surface area contributed by atoms with Gasteiger partial charge in [0.25, 0.3) is 0 Å². The van der Waals surface area contributed by atoms with Crippen LogP contribution in [0.1, 0.15) is 0 Å². The first-order valence-electron chi connectivity index (χ1n) is 16.3. The predicted octanol–water partition coefficient (Wildman–Crippen LogP) is 13.3. The van der Waals surface area contributed by atoms with Gasteiger partial charge < -0.3 is 4.42 Å². The third-order valence-electron chi connectivity index (χ3n) is 9.70. The zero-order valence-corrected chi connectivity index (χ0v) is 27.6. The molecule has 4 aromatic heterocycles. The van der Waals surface area contributed by atoms with Gasteiger partial charge in [0.1, 0.15) is 11.2 Å². The minimum atomic E-state index is 0.725. The lowest BCUT2D eigenvalue weighted by Gasteiger charge is -2.11. The van der Waals surface area contributed by atoms with Gasteiger partial charge in [-0.3, -0.25) is 0 Å². The maximum atomic E-state index is 6.74. The highest BCUT2D eigenvalue weighted by molar-refractivity contribution is 7.26. The smallest absolute Gasteiger partial charge is 0.160 e. The van der Waals surface area contributed by atoms with Gasteiger partial charge in [-0.2, -0.15) is 0 Å². The van der Waals surface area contributed by atoms with Crippen molar-refractivity contribution in [3.63, 3.8) is 0 Å². The molecule has 0 N–H and O–H groups in total. The van der Waals surface area contributed by atoms with Crippen molar-refractivity contribution in [3.8, 4) is 33.8 Å². The Hall–Kier alpha value is -5.88. The number of hydrogen-bond donors (Lipinski definition) is 0. The van der Waals surface area contributed by atoms with Crippen LogP contribution in [0.2, 0.25) is 0 Å². The van der Waals surface area contributed by atoms with Crippen LogP contribution in [-0.4, -0.2) is 9.97 Å². The molecule has 0 atom stereocenters. The largest absolute Gasteiger partial charge is 0.455 e. The van der Waals surface area contributed by atoms with Gasteiger partial charge in [-0.25, -0.2) is 9.97 Å². The van der Waals surface area contributed by atoms with Crippen molar-refractivity contribution >= 4 is 95.9 Å². The van der Waals surface area contributed by atoms with Crippen LogP contribution in [0.4, 0.5) is 0 Å². The maximum Gasteiger partial charge on any atom is 0.160 e. The van der Waals surface area contributed by atoms with Crippen LogP contribution >= 0.6 is 22.7 Å². The second-order valence-corrected chi connectivity index (χ2v) is 14.6. The monoisotopic (exact) mass is 660 g/mol. The fraction of sp³-hybridized carbons (Fsp3) is 0. The summed E-state index contributed by atoms with van der Waals surface area (Å²) in [6.07, 6.45) is 0. The molecule has 0 aliphatic carbocycles. The molecule has 0 amide bonds. The number of benzene rings is 7. The summed E-state index contributed by atoms with van der Waals surface area (Å²) in [5.74, 6) is 0.725. The number of rotatable bonds is 3. The molecule has 0 saturated heterocycles. The summed E-state index contributed by atoms with van der Waals surface area (Å²) in [4.78, 5) is 10.7. The summed E-state index contributed by atoms with van der Waals surface area (Å²) < 4.78 is 11.6. The standard InChI is InChI=1S/C44H24N2OS2/c1-2-10-26-23-27(18-17-25(26)9-1)29-20-21-33(39-31-12-3-6-14-35(31)47-42(29)39)41-43-40(32-13-5-8-16-37(32)49-43)45-44(46-41)28-19-22-38-34(24-28)30-11-4-7-15-36(30)48-38/h1-24H. The molecule has 0 aliphatic rings. The van der Waals surface area contributed by atoms with Gasteiger partial charge in [0, 0.05) is 57.7 Å². The Balaban J connectivity index is 1.22. The topological polar surface area (TPSA) is 38.9 Å². The van der Waals surface area contributed by atoms with Gasteiger partial charge in [-0.15, -0.1) is 22.7 Å².